The first-order valence-corrected chi connectivity index (χ1v) is 7.79. The average Bonchev–Trinajstić information content (AvgIpc) is 2.38. The van der Waals surface area contributed by atoms with Gasteiger partial charge in [-0.25, -0.2) is 0 Å². The molecule has 0 aromatic carbocycles. The van der Waals surface area contributed by atoms with E-state index in [0.717, 1.165) is 0 Å². The summed E-state index contributed by atoms with van der Waals surface area (Å²) in [5.41, 5.74) is 16.3. The second-order valence-corrected chi connectivity index (χ2v) is 5.15. The van der Waals surface area contributed by atoms with Gasteiger partial charge in [0.2, 0.25) is 0 Å². The lowest BCUT2D eigenvalue weighted by Crippen LogP contribution is -2.03. The van der Waals surface area contributed by atoms with Gasteiger partial charge < -0.3 is 28.0 Å². The molecule has 0 rings (SSSR count). The minimum absolute atomic E-state index is 0.171. The van der Waals surface area contributed by atoms with Gasteiger partial charge in [-0.1, -0.05) is 11.8 Å². The van der Waals surface area contributed by atoms with E-state index in [9.17, 15) is 0 Å². The van der Waals surface area contributed by atoms with Gasteiger partial charge in [0.05, 0.1) is 11.7 Å². The number of hydrogen-bond acceptors (Lipinski definition) is 6. The van der Waals surface area contributed by atoms with Crippen LogP contribution in [0.5, 0.6) is 0 Å². The molecule has 23 heavy (non-hydrogen) atoms. The molecule has 138 valence electrons. The minimum atomic E-state index is 0.171. The van der Waals surface area contributed by atoms with E-state index < -0.39 is 0 Å². The Labute approximate surface area is 145 Å². The van der Waals surface area contributed by atoms with Gasteiger partial charge in [0, 0.05) is 25.5 Å². The first kappa shape index (κ1) is 32.9. The standard InChI is InChI=1S/2C3H8N2.2C3H7N.C2H6N2S/c2*1-3(4)5-2;2*1-3(2)4;1-5-2(3)4/h2*1-2H3,(H2,4,5);2*4H,1-2H3;1H3,(H3,3,4). The van der Waals surface area contributed by atoms with E-state index in [-0.39, 0.29) is 5.17 Å². The Morgan fingerprint density at radius 1 is 0.696 bits per heavy atom. The molecule has 0 aromatic rings. The molecule has 9 heteroatoms. The summed E-state index contributed by atoms with van der Waals surface area (Å²) in [4.78, 5) is 7.17. The van der Waals surface area contributed by atoms with Crippen molar-refractivity contribution in [1.29, 1.82) is 16.2 Å². The van der Waals surface area contributed by atoms with Crippen LogP contribution in [0.3, 0.4) is 0 Å². The number of nitrogens with one attached hydrogen (secondary N) is 3. The molecule has 9 N–H and O–H groups in total. The number of aliphatic imine (C=N–C) groups is 2. The largest absolute Gasteiger partial charge is 0.388 e. The Morgan fingerprint density at radius 3 is 0.783 bits per heavy atom. The van der Waals surface area contributed by atoms with Gasteiger partial charge in [-0.15, -0.1) is 0 Å². The Balaban J connectivity index is -0.0000000589. The van der Waals surface area contributed by atoms with Gasteiger partial charge in [-0.05, 0) is 47.8 Å². The number of nitrogens with two attached hydrogens (primary N) is 3. The molecule has 0 unspecified atom stereocenters. The molecule has 0 bridgehead atoms. The molecule has 0 aliphatic carbocycles. The van der Waals surface area contributed by atoms with Crippen LogP contribution >= 0.6 is 11.8 Å². The highest BCUT2D eigenvalue weighted by Gasteiger charge is 1.71. The fraction of sp³-hybridized carbons (Fsp3) is 0.643. The van der Waals surface area contributed by atoms with Crippen LogP contribution in [-0.4, -0.2) is 48.6 Å². The maximum absolute atomic E-state index is 6.50. The fourth-order valence-corrected chi connectivity index (χ4v) is 0. The van der Waals surface area contributed by atoms with Crippen LogP contribution in [0.1, 0.15) is 41.5 Å². The number of thioether (sulfide) groups is 1. The van der Waals surface area contributed by atoms with E-state index in [4.69, 9.17) is 33.4 Å². The average molecular weight is 349 g/mol. The summed E-state index contributed by atoms with van der Waals surface area (Å²) >= 11 is 1.24. The Bertz CT molecular complexity index is 318. The SMILES string of the molecule is CC(C)=N.CC(C)=N.CN=C(C)N.CN=C(C)N.CSC(=N)N. The third-order valence-corrected chi connectivity index (χ3v) is 1.37. The summed E-state index contributed by atoms with van der Waals surface area (Å²) in [6, 6.07) is 0. The minimum Gasteiger partial charge on any atom is -0.388 e. The molecule has 0 radical (unpaired) electrons. The third-order valence-electron chi connectivity index (χ3n) is 0.925. The van der Waals surface area contributed by atoms with Gasteiger partial charge in [0.25, 0.3) is 0 Å². The smallest absolute Gasteiger partial charge is 0.150 e. The number of rotatable bonds is 0. The summed E-state index contributed by atoms with van der Waals surface area (Å²) < 4.78 is 0. The maximum Gasteiger partial charge on any atom is 0.150 e. The number of amidine groups is 3. The topological polar surface area (TPSA) is 174 Å². The molecule has 0 aliphatic rings. The Morgan fingerprint density at radius 2 is 0.783 bits per heavy atom. The number of hydrogen-bond donors (Lipinski definition) is 6. The molecule has 0 saturated carbocycles. The van der Waals surface area contributed by atoms with Crippen LogP contribution in [0, 0.1) is 16.2 Å². The normalized spacial score (nSPS) is 9.09. The molecule has 0 aromatic heterocycles. The van der Waals surface area contributed by atoms with Crippen molar-refractivity contribution in [1.82, 2.24) is 0 Å². The van der Waals surface area contributed by atoms with Gasteiger partial charge in [0.15, 0.2) is 5.17 Å². The van der Waals surface area contributed by atoms with Gasteiger partial charge in [-0.2, -0.15) is 0 Å². The van der Waals surface area contributed by atoms with Crippen molar-refractivity contribution in [3.8, 4) is 0 Å². The summed E-state index contributed by atoms with van der Waals surface area (Å²) in [5.74, 6) is 1.26. The van der Waals surface area contributed by atoms with Gasteiger partial charge in [-0.3, -0.25) is 15.4 Å². The van der Waals surface area contributed by atoms with Gasteiger partial charge in [0.1, 0.15) is 0 Å². The molecule has 0 fully saturated rings. The molecule has 0 heterocycles. The first-order valence-electron chi connectivity index (χ1n) is 6.57. The zero-order valence-electron chi connectivity index (χ0n) is 16.0. The van der Waals surface area contributed by atoms with E-state index in [1.807, 2.05) is 0 Å². The predicted octanol–water partition coefficient (Wildman–Crippen LogP) is 2.32. The fourth-order valence-electron chi connectivity index (χ4n) is 0. The van der Waals surface area contributed by atoms with Crippen molar-refractivity contribution in [3.63, 3.8) is 0 Å². The van der Waals surface area contributed by atoms with E-state index in [1.165, 1.54) is 11.8 Å². The van der Waals surface area contributed by atoms with Crippen molar-refractivity contribution < 1.29 is 0 Å². The Hall–Kier alpha value is -1.90. The van der Waals surface area contributed by atoms with Crippen LogP contribution in [0.25, 0.3) is 0 Å². The van der Waals surface area contributed by atoms with Crippen LogP contribution in [0.2, 0.25) is 0 Å². The van der Waals surface area contributed by atoms with Crippen LogP contribution in [-0.2, 0) is 0 Å². The Kier molecular flexibility index (Phi) is 40.4. The summed E-state index contributed by atoms with van der Waals surface area (Å²) in [6.45, 7) is 10.5. The molecule has 0 spiro atoms. The molecular weight excluding hydrogens is 312 g/mol. The highest BCUT2D eigenvalue weighted by atomic mass is 32.2. The summed E-state index contributed by atoms with van der Waals surface area (Å²) in [7, 11) is 3.32. The lowest BCUT2D eigenvalue weighted by molar-refractivity contribution is 1.38. The highest BCUT2D eigenvalue weighted by Crippen LogP contribution is 1.83. The van der Waals surface area contributed by atoms with Crippen molar-refractivity contribution in [2.24, 2.45) is 27.2 Å². The molecule has 8 nitrogen and oxygen atoms in total. The lowest BCUT2D eigenvalue weighted by atomic mass is 10.5. The molecule has 0 saturated heterocycles. The quantitative estimate of drug-likeness (QED) is 0.291. The van der Waals surface area contributed by atoms with E-state index >= 15 is 0 Å². The van der Waals surface area contributed by atoms with Crippen LogP contribution in [0.15, 0.2) is 9.98 Å². The molecular formula is C14H36N8S. The van der Waals surface area contributed by atoms with E-state index in [0.29, 0.717) is 23.1 Å². The zero-order valence-corrected chi connectivity index (χ0v) is 16.9. The maximum atomic E-state index is 6.50. The molecule has 0 atom stereocenters. The van der Waals surface area contributed by atoms with Crippen molar-refractivity contribution in [2.45, 2.75) is 41.5 Å². The third kappa shape index (κ3) is 392. The van der Waals surface area contributed by atoms with Crippen LogP contribution in [0.4, 0.5) is 0 Å². The van der Waals surface area contributed by atoms with Gasteiger partial charge >= 0.3 is 0 Å². The van der Waals surface area contributed by atoms with E-state index in [1.54, 1.807) is 61.9 Å². The zero-order chi connectivity index (χ0) is 20.0. The lowest BCUT2D eigenvalue weighted by Gasteiger charge is -1.78. The second kappa shape index (κ2) is 28.3. The second-order valence-electron chi connectivity index (χ2n) is 4.30. The van der Waals surface area contributed by atoms with Crippen molar-refractivity contribution in [3.05, 3.63) is 0 Å². The van der Waals surface area contributed by atoms with Crippen molar-refractivity contribution >= 4 is 40.0 Å². The molecule has 0 aliphatic heterocycles. The predicted molar refractivity (Wildman–Crippen MR) is 110 cm³/mol. The summed E-state index contributed by atoms with van der Waals surface area (Å²) in [5, 5.41) is 19.7. The van der Waals surface area contributed by atoms with Crippen molar-refractivity contribution in [2.75, 3.05) is 20.4 Å². The highest BCUT2D eigenvalue weighted by molar-refractivity contribution is 8.13. The van der Waals surface area contributed by atoms with Crippen LogP contribution < -0.4 is 17.2 Å². The monoisotopic (exact) mass is 348 g/mol. The first-order chi connectivity index (χ1) is 10.3. The van der Waals surface area contributed by atoms with E-state index in [2.05, 4.69) is 9.98 Å². The molecule has 0 amide bonds. The summed E-state index contributed by atoms with van der Waals surface area (Å²) in [6.07, 6.45) is 1.77. The number of nitrogens with zero attached hydrogens (tertiary/aromatic N) is 2.